The van der Waals surface area contributed by atoms with Gasteiger partial charge in [0.15, 0.2) is 0 Å². The summed E-state index contributed by atoms with van der Waals surface area (Å²) in [5.74, 6) is 0.0757. The largest absolute Gasteiger partial charge is 0.341 e. The Hall–Kier alpha value is -2.71. The molecule has 1 spiro atoms. The maximum Gasteiger partial charge on any atom is 0.253 e. The Labute approximate surface area is 201 Å². The lowest BCUT2D eigenvalue weighted by Crippen LogP contribution is -2.73. The molecule has 3 heterocycles. The van der Waals surface area contributed by atoms with E-state index in [1.165, 1.54) is 0 Å². The summed E-state index contributed by atoms with van der Waals surface area (Å²) < 4.78 is 28.5. The second-order valence-corrected chi connectivity index (χ2v) is 12.1. The molecule has 0 N–H and O–H groups in total. The predicted molar refractivity (Wildman–Crippen MR) is 129 cm³/mol. The Bertz CT molecular complexity index is 1180. The summed E-state index contributed by atoms with van der Waals surface area (Å²) in [6.45, 7) is 6.82. The molecule has 3 saturated heterocycles. The van der Waals surface area contributed by atoms with Crippen molar-refractivity contribution in [1.29, 1.82) is 0 Å². The van der Waals surface area contributed by atoms with Gasteiger partial charge in [0.25, 0.3) is 5.91 Å². The van der Waals surface area contributed by atoms with Crippen molar-refractivity contribution in [2.75, 3.05) is 32.7 Å². The zero-order valence-corrected chi connectivity index (χ0v) is 20.5. The number of carbonyl (C=O) groups is 2. The predicted octanol–water partition coefficient (Wildman–Crippen LogP) is 3.22. The van der Waals surface area contributed by atoms with Crippen molar-refractivity contribution in [3.8, 4) is 0 Å². The van der Waals surface area contributed by atoms with Crippen LogP contribution in [0.2, 0.25) is 0 Å². The van der Waals surface area contributed by atoms with E-state index >= 15 is 0 Å². The van der Waals surface area contributed by atoms with Gasteiger partial charge in [-0.3, -0.25) is 9.59 Å². The van der Waals surface area contributed by atoms with Crippen molar-refractivity contribution >= 4 is 21.8 Å². The van der Waals surface area contributed by atoms with Crippen LogP contribution >= 0.6 is 0 Å². The average molecular weight is 482 g/mol. The minimum Gasteiger partial charge on any atom is -0.341 e. The lowest BCUT2D eigenvalue weighted by atomic mass is 9.72. The second kappa shape index (κ2) is 8.50. The third-order valence-corrected chi connectivity index (χ3v) is 9.99. The normalized spacial score (nSPS) is 24.2. The lowest BCUT2D eigenvalue weighted by Gasteiger charge is -2.60. The van der Waals surface area contributed by atoms with Crippen LogP contribution < -0.4 is 0 Å². The van der Waals surface area contributed by atoms with Gasteiger partial charge in [0.2, 0.25) is 15.9 Å². The first-order chi connectivity index (χ1) is 16.2. The highest BCUT2D eigenvalue weighted by Gasteiger charge is 2.53. The van der Waals surface area contributed by atoms with Crippen LogP contribution in [0.3, 0.4) is 0 Å². The van der Waals surface area contributed by atoms with Crippen LogP contribution in [0, 0.1) is 5.41 Å². The van der Waals surface area contributed by atoms with Crippen LogP contribution in [-0.2, 0) is 14.8 Å². The smallest absolute Gasteiger partial charge is 0.253 e. The molecule has 0 bridgehead atoms. The fourth-order valence-electron chi connectivity index (χ4n) is 5.64. The van der Waals surface area contributed by atoms with E-state index < -0.39 is 15.3 Å². The van der Waals surface area contributed by atoms with E-state index in [4.69, 9.17) is 0 Å². The van der Waals surface area contributed by atoms with Crippen molar-refractivity contribution in [2.45, 2.75) is 38.0 Å². The van der Waals surface area contributed by atoms with E-state index in [9.17, 15) is 18.0 Å². The molecule has 2 aromatic rings. The monoisotopic (exact) mass is 481 g/mol. The fourth-order valence-corrected chi connectivity index (χ4v) is 7.88. The molecule has 8 heteroatoms. The number of benzene rings is 2. The first kappa shape index (κ1) is 23.1. The number of rotatable bonds is 4. The van der Waals surface area contributed by atoms with Crippen LogP contribution in [-0.4, -0.2) is 67.1 Å². The van der Waals surface area contributed by atoms with Crippen molar-refractivity contribution in [2.24, 2.45) is 5.41 Å². The number of nitrogens with zero attached hydrogens (tertiary/aromatic N) is 3. The van der Waals surface area contributed by atoms with Gasteiger partial charge < -0.3 is 9.80 Å². The molecule has 34 heavy (non-hydrogen) atoms. The Morgan fingerprint density at radius 1 is 0.941 bits per heavy atom. The first-order valence-electron chi connectivity index (χ1n) is 11.9. The third-order valence-electron chi connectivity index (χ3n) is 7.61. The molecule has 3 aliphatic heterocycles. The standard InChI is InChI=1S/C26H31N3O4S/c1-19(29-14-6-9-24(34(29,32)33)22-7-4-3-5-8-22)21-10-12-23(13-11-21)25(31)28-17-26(18-28)15-27(16-26)20(2)30/h3-5,7-8,10-13,19,24H,6,9,14-18H2,1-2H3. The summed E-state index contributed by atoms with van der Waals surface area (Å²) in [4.78, 5) is 28.0. The van der Waals surface area contributed by atoms with Gasteiger partial charge in [-0.15, -0.1) is 0 Å². The minimum atomic E-state index is -3.49. The summed E-state index contributed by atoms with van der Waals surface area (Å²) in [7, 11) is -3.49. The Balaban J connectivity index is 1.25. The summed E-state index contributed by atoms with van der Waals surface area (Å²) >= 11 is 0. The van der Waals surface area contributed by atoms with Gasteiger partial charge in [-0.05, 0) is 43.0 Å². The molecule has 3 fully saturated rings. The molecule has 2 aromatic carbocycles. The van der Waals surface area contributed by atoms with Crippen LogP contribution in [0.25, 0.3) is 0 Å². The molecule has 2 amide bonds. The summed E-state index contributed by atoms with van der Waals surface area (Å²) in [5, 5.41) is -0.519. The molecule has 180 valence electrons. The number of sulfonamides is 1. The summed E-state index contributed by atoms with van der Waals surface area (Å²) in [6, 6.07) is 16.5. The van der Waals surface area contributed by atoms with Gasteiger partial charge in [0.1, 0.15) is 5.25 Å². The van der Waals surface area contributed by atoms with Gasteiger partial charge in [0, 0.05) is 56.7 Å². The number of carbonyl (C=O) groups excluding carboxylic acids is 2. The number of amides is 2. The molecule has 3 aliphatic rings. The third kappa shape index (κ3) is 3.92. The lowest BCUT2D eigenvalue weighted by molar-refractivity contribution is -0.152. The average Bonchev–Trinajstić information content (AvgIpc) is 2.77. The van der Waals surface area contributed by atoms with E-state index in [2.05, 4.69) is 0 Å². The zero-order chi connectivity index (χ0) is 24.1. The van der Waals surface area contributed by atoms with Gasteiger partial charge in [-0.1, -0.05) is 42.5 Å². The molecule has 0 radical (unpaired) electrons. The molecular weight excluding hydrogens is 450 g/mol. The van der Waals surface area contributed by atoms with E-state index in [0.29, 0.717) is 31.6 Å². The Kier molecular flexibility index (Phi) is 5.76. The van der Waals surface area contributed by atoms with Crippen molar-refractivity contribution < 1.29 is 18.0 Å². The fraction of sp³-hybridized carbons (Fsp3) is 0.462. The molecule has 2 atom stereocenters. The van der Waals surface area contributed by atoms with Crippen LogP contribution in [0.5, 0.6) is 0 Å². The zero-order valence-electron chi connectivity index (χ0n) is 19.7. The molecule has 0 saturated carbocycles. The highest BCUT2D eigenvalue weighted by atomic mass is 32.2. The number of hydrogen-bond donors (Lipinski definition) is 0. The quantitative estimate of drug-likeness (QED) is 0.672. The topological polar surface area (TPSA) is 78.0 Å². The maximum absolute atomic E-state index is 13.4. The van der Waals surface area contributed by atoms with E-state index in [1.807, 2.05) is 59.2 Å². The number of hydrogen-bond acceptors (Lipinski definition) is 4. The molecule has 2 unspecified atom stereocenters. The van der Waals surface area contributed by atoms with Gasteiger partial charge in [0.05, 0.1) is 0 Å². The van der Waals surface area contributed by atoms with Crippen molar-refractivity contribution in [3.05, 3.63) is 71.3 Å². The van der Waals surface area contributed by atoms with Crippen LogP contribution in [0.4, 0.5) is 0 Å². The van der Waals surface area contributed by atoms with Crippen LogP contribution in [0.1, 0.15) is 59.5 Å². The van der Waals surface area contributed by atoms with E-state index in [-0.39, 0.29) is 23.3 Å². The molecular formula is C26H31N3O4S. The van der Waals surface area contributed by atoms with Gasteiger partial charge >= 0.3 is 0 Å². The maximum atomic E-state index is 13.4. The molecule has 0 aromatic heterocycles. The second-order valence-electron chi connectivity index (χ2n) is 10.0. The summed E-state index contributed by atoms with van der Waals surface area (Å²) in [5.41, 5.74) is 2.40. The van der Waals surface area contributed by atoms with Gasteiger partial charge in [-0.25, -0.2) is 8.42 Å². The highest BCUT2D eigenvalue weighted by Crippen LogP contribution is 2.41. The van der Waals surface area contributed by atoms with E-state index in [0.717, 1.165) is 30.6 Å². The van der Waals surface area contributed by atoms with Gasteiger partial charge in [-0.2, -0.15) is 4.31 Å². The van der Waals surface area contributed by atoms with E-state index in [1.54, 1.807) is 23.4 Å². The molecule has 7 nitrogen and oxygen atoms in total. The van der Waals surface area contributed by atoms with Crippen LogP contribution in [0.15, 0.2) is 54.6 Å². The molecule has 0 aliphatic carbocycles. The minimum absolute atomic E-state index is 0.0131. The summed E-state index contributed by atoms with van der Waals surface area (Å²) in [6.07, 6.45) is 1.45. The number of likely N-dealkylation sites (tertiary alicyclic amines) is 2. The SMILES string of the molecule is CC(=O)N1CC2(C1)CN(C(=O)c1ccc(C(C)N3CCCC(c4ccccc4)S3(=O)=O)cc1)C2. The van der Waals surface area contributed by atoms with Crippen molar-refractivity contribution in [1.82, 2.24) is 14.1 Å². The highest BCUT2D eigenvalue weighted by molar-refractivity contribution is 7.89. The first-order valence-corrected chi connectivity index (χ1v) is 13.4. The Morgan fingerprint density at radius 3 is 2.18 bits per heavy atom. The Morgan fingerprint density at radius 2 is 1.56 bits per heavy atom. The molecule has 5 rings (SSSR count). The van der Waals surface area contributed by atoms with Crippen molar-refractivity contribution in [3.63, 3.8) is 0 Å².